The number of nitrogens with zero attached hydrogens (tertiary/aromatic N) is 3. The molecule has 0 radical (unpaired) electrons. The van der Waals surface area contributed by atoms with Crippen molar-refractivity contribution in [1.82, 2.24) is 20.9 Å². The van der Waals surface area contributed by atoms with Gasteiger partial charge in [0.15, 0.2) is 6.29 Å². The molecular weight excluding hydrogens is 965 g/mol. The Morgan fingerprint density at radius 2 is 1.44 bits per heavy atom. The number of pyridine rings is 1. The first kappa shape index (κ1) is 63.4. The molecule has 21 nitrogen and oxygen atoms in total. The van der Waals surface area contributed by atoms with Gasteiger partial charge < -0.3 is 74.4 Å². The topological polar surface area (TPSA) is 291 Å². The van der Waals surface area contributed by atoms with Gasteiger partial charge >= 0.3 is 5.97 Å². The molecule has 402 valence electrons. The van der Waals surface area contributed by atoms with E-state index in [1.54, 1.807) is 76.3 Å². The standard InChI is InChI=1S/C48H78N6O15S2/c1-34(57)54-38-40(60)39(59)35(30-56)69-41(38)68-27-25-63-19-17-53-42(61)47(7,32-45(4,5)50-9)44(2,3)31-48(8,43(62)52-16-18-55)46(6,33-49)14-13-37(58)67-26-24-65-21-20-64-22-23-66-28-29-70-71-36-12-10-11-15-51-36/h10-12,15,35,38-41,55-56,59-60H,13-14,16-32H2,1-8H3,(H,52,62)(H,53,61)(H,54,57)/t35-,38-,39+,40-,41-,46?,47?,48?/m1/s1. The summed E-state index contributed by atoms with van der Waals surface area (Å²) in [5.74, 6) is -1.28. The van der Waals surface area contributed by atoms with Gasteiger partial charge in [0.2, 0.25) is 23.3 Å². The van der Waals surface area contributed by atoms with Gasteiger partial charge in [0.05, 0.1) is 95.0 Å². The molecule has 0 bridgehead atoms. The molecule has 1 aliphatic rings. The Balaban J connectivity index is 1.99. The Morgan fingerprint density at radius 3 is 2.03 bits per heavy atom. The maximum atomic E-state index is 14.4. The summed E-state index contributed by atoms with van der Waals surface area (Å²) in [6, 6.07) is 6.94. The van der Waals surface area contributed by atoms with Crippen LogP contribution in [0.5, 0.6) is 0 Å². The minimum atomic E-state index is -1.55. The highest BCUT2D eigenvalue weighted by molar-refractivity contribution is 8.76. The SMILES string of the molecule is [C-]#[N+]C(C)(C)CC(C)(C(=O)NCCOCCO[C@@H]1O[C@H](CO)[C@H](O)[C@H](O)[C@H]1NC(C)=O)C(C)(C)CC(C)(C(=O)NCCO)C(C)(C#N)CCC(=O)OCCOCCOCCOCCSSc1ccccn1. The second-order valence-corrected chi connectivity index (χ2v) is 21.5. The Morgan fingerprint density at radius 1 is 0.831 bits per heavy atom. The fourth-order valence-corrected chi connectivity index (χ4v) is 9.84. The molecule has 1 aliphatic heterocycles. The van der Waals surface area contributed by atoms with Gasteiger partial charge in [-0.3, -0.25) is 19.2 Å². The maximum absolute atomic E-state index is 14.4. The molecule has 2 rings (SSSR count). The van der Waals surface area contributed by atoms with Gasteiger partial charge in [0.25, 0.3) is 0 Å². The second kappa shape index (κ2) is 31.8. The number of rotatable bonds is 36. The van der Waals surface area contributed by atoms with Crippen molar-refractivity contribution in [2.24, 2.45) is 21.7 Å². The number of esters is 1. The fraction of sp³-hybridized carbons (Fsp3) is 0.771. The van der Waals surface area contributed by atoms with Crippen LogP contribution in [0.3, 0.4) is 0 Å². The van der Waals surface area contributed by atoms with Gasteiger partial charge in [-0.05, 0) is 62.0 Å². The Hall–Kier alpha value is -3.69. The van der Waals surface area contributed by atoms with E-state index in [1.165, 1.54) is 6.92 Å². The molecule has 1 saturated heterocycles. The lowest BCUT2D eigenvalue weighted by molar-refractivity contribution is -0.272. The minimum absolute atomic E-state index is 0.00505. The van der Waals surface area contributed by atoms with E-state index < -0.39 is 88.1 Å². The number of hydrogen-bond donors (Lipinski definition) is 7. The summed E-state index contributed by atoms with van der Waals surface area (Å²) < 4.78 is 39.0. The van der Waals surface area contributed by atoms with Gasteiger partial charge in [-0.2, -0.15) is 5.26 Å². The van der Waals surface area contributed by atoms with Crippen molar-refractivity contribution < 1.29 is 72.8 Å². The van der Waals surface area contributed by atoms with Gasteiger partial charge in [-0.25, -0.2) is 11.6 Å². The number of ether oxygens (including phenoxy) is 7. The number of amides is 3. The van der Waals surface area contributed by atoms with E-state index in [0.717, 1.165) is 10.8 Å². The molecule has 1 aromatic rings. The van der Waals surface area contributed by atoms with Gasteiger partial charge in [0.1, 0.15) is 36.0 Å². The zero-order chi connectivity index (χ0) is 53.1. The number of nitriles is 1. The van der Waals surface area contributed by atoms with Crippen LogP contribution in [-0.2, 0) is 52.3 Å². The molecule has 0 saturated carbocycles. The third-order valence-electron chi connectivity index (χ3n) is 12.7. The number of carbonyl (C=O) groups is 4. The van der Waals surface area contributed by atoms with Crippen LogP contribution in [0.2, 0.25) is 0 Å². The predicted octanol–water partition coefficient (Wildman–Crippen LogP) is 2.44. The van der Waals surface area contributed by atoms with Crippen LogP contribution in [-0.4, -0.2) is 183 Å². The van der Waals surface area contributed by atoms with Crippen LogP contribution in [0.4, 0.5) is 0 Å². The molecule has 3 unspecified atom stereocenters. The fourth-order valence-electron chi connectivity index (χ4n) is 8.10. The zero-order valence-corrected chi connectivity index (χ0v) is 44.2. The zero-order valence-electron chi connectivity index (χ0n) is 42.6. The molecule has 0 aliphatic carbocycles. The highest BCUT2D eigenvalue weighted by Crippen LogP contribution is 2.56. The molecular formula is C48H78N6O15S2. The highest BCUT2D eigenvalue weighted by Gasteiger charge is 2.59. The molecule has 71 heavy (non-hydrogen) atoms. The molecule has 1 fully saturated rings. The first-order chi connectivity index (χ1) is 33.6. The van der Waals surface area contributed by atoms with Crippen LogP contribution in [0.25, 0.3) is 4.85 Å². The Kier molecular flexibility index (Phi) is 28.4. The minimum Gasteiger partial charge on any atom is -0.463 e. The van der Waals surface area contributed by atoms with E-state index in [2.05, 4.69) is 31.8 Å². The van der Waals surface area contributed by atoms with Crippen molar-refractivity contribution in [3.63, 3.8) is 0 Å². The summed E-state index contributed by atoms with van der Waals surface area (Å²) >= 11 is 0. The number of aliphatic hydroxyl groups excluding tert-OH is 4. The van der Waals surface area contributed by atoms with E-state index >= 15 is 0 Å². The monoisotopic (exact) mass is 1040 g/mol. The number of carbonyl (C=O) groups excluding carboxylic acids is 4. The van der Waals surface area contributed by atoms with Crippen molar-refractivity contribution in [3.05, 3.63) is 35.8 Å². The van der Waals surface area contributed by atoms with E-state index in [1.807, 2.05) is 18.2 Å². The molecule has 3 amide bonds. The maximum Gasteiger partial charge on any atom is 0.305 e. The van der Waals surface area contributed by atoms with Gasteiger partial charge in [-0.1, -0.05) is 30.7 Å². The summed E-state index contributed by atoms with van der Waals surface area (Å²) in [7, 11) is 3.26. The van der Waals surface area contributed by atoms with Crippen molar-refractivity contribution in [2.75, 3.05) is 98.1 Å². The number of nitrogens with one attached hydrogen (secondary N) is 3. The third kappa shape index (κ3) is 20.6. The van der Waals surface area contributed by atoms with Crippen LogP contribution in [0.1, 0.15) is 81.1 Å². The lowest BCUT2D eigenvalue weighted by Crippen LogP contribution is -2.64. The van der Waals surface area contributed by atoms with E-state index in [-0.39, 0.29) is 85.0 Å². The van der Waals surface area contributed by atoms with Crippen LogP contribution in [0.15, 0.2) is 29.4 Å². The Bertz CT molecular complexity index is 1860. The van der Waals surface area contributed by atoms with Crippen molar-refractivity contribution in [2.45, 2.75) is 122 Å². The normalized spacial score (nSPS) is 20.8. The largest absolute Gasteiger partial charge is 0.463 e. The average molecular weight is 1040 g/mol. The molecule has 1 aromatic heterocycles. The summed E-state index contributed by atoms with van der Waals surface area (Å²) in [6.07, 6.45) is -3.83. The Labute approximate surface area is 426 Å². The second-order valence-electron chi connectivity index (χ2n) is 19.1. The molecule has 8 atom stereocenters. The van der Waals surface area contributed by atoms with Crippen LogP contribution >= 0.6 is 21.6 Å². The first-order valence-electron chi connectivity index (χ1n) is 23.7. The molecule has 2 heterocycles. The van der Waals surface area contributed by atoms with Crippen molar-refractivity contribution in [3.8, 4) is 6.07 Å². The van der Waals surface area contributed by atoms with Crippen molar-refractivity contribution in [1.29, 1.82) is 5.26 Å². The molecule has 0 aromatic carbocycles. The third-order valence-corrected chi connectivity index (χ3v) is 14.9. The number of aromatic nitrogens is 1. The summed E-state index contributed by atoms with van der Waals surface area (Å²) in [5.41, 5.74) is -6.51. The summed E-state index contributed by atoms with van der Waals surface area (Å²) in [5, 5.41) is 59.8. The van der Waals surface area contributed by atoms with Crippen LogP contribution in [0, 0.1) is 39.6 Å². The van der Waals surface area contributed by atoms with E-state index in [0.29, 0.717) is 26.4 Å². The first-order valence-corrected chi connectivity index (χ1v) is 26.0. The van der Waals surface area contributed by atoms with Gasteiger partial charge in [-0.15, -0.1) is 0 Å². The van der Waals surface area contributed by atoms with Crippen LogP contribution < -0.4 is 16.0 Å². The average Bonchev–Trinajstić information content (AvgIpc) is 3.33. The van der Waals surface area contributed by atoms with Crippen molar-refractivity contribution >= 4 is 45.3 Å². The smallest absolute Gasteiger partial charge is 0.305 e. The quantitative estimate of drug-likeness (QED) is 0.0220. The highest BCUT2D eigenvalue weighted by atomic mass is 33.1. The molecule has 23 heteroatoms. The van der Waals surface area contributed by atoms with Gasteiger partial charge in [0, 0.05) is 58.7 Å². The summed E-state index contributed by atoms with van der Waals surface area (Å²) in [6.45, 7) is 22.1. The molecule has 0 spiro atoms. The number of hydrogen-bond acceptors (Lipinski definition) is 19. The lowest BCUT2D eigenvalue weighted by Gasteiger charge is -2.51. The number of aliphatic hydroxyl groups is 4. The predicted molar refractivity (Wildman–Crippen MR) is 264 cm³/mol. The van der Waals surface area contributed by atoms with E-state index in [9.17, 15) is 44.9 Å². The lowest BCUT2D eigenvalue weighted by atomic mass is 9.51. The summed E-state index contributed by atoms with van der Waals surface area (Å²) in [4.78, 5) is 61.4. The molecule has 7 N–H and O–H groups in total. The van der Waals surface area contributed by atoms with E-state index in [4.69, 9.17) is 39.7 Å².